The zero-order chi connectivity index (χ0) is 42.7. The molecule has 0 saturated carbocycles. The molecule has 0 aliphatic rings. The summed E-state index contributed by atoms with van der Waals surface area (Å²) in [6.07, 6.45) is 0. The molecule has 0 N–H and O–H groups in total. The molecule has 12 rings (SSSR count). The van der Waals surface area contributed by atoms with Crippen molar-refractivity contribution in [3.63, 3.8) is 0 Å². The first-order chi connectivity index (χ1) is 31.6. The minimum atomic E-state index is 0.722. The van der Waals surface area contributed by atoms with Gasteiger partial charge in [0.25, 0.3) is 0 Å². The number of nitrogens with zero attached hydrogens (tertiary/aromatic N) is 4. The normalized spacial score (nSPS) is 11.6. The fourth-order valence-electron chi connectivity index (χ4n) is 9.85. The van der Waals surface area contributed by atoms with Crippen molar-refractivity contribution in [3.05, 3.63) is 230 Å². The molecule has 0 saturated heterocycles. The highest BCUT2D eigenvalue weighted by atomic mass is 15.0. The summed E-state index contributed by atoms with van der Waals surface area (Å²) in [5.41, 5.74) is 19.3. The Morgan fingerprint density at radius 2 is 0.719 bits per heavy atom. The largest absolute Gasteiger partial charge is 0.309 e. The molecule has 12 aromatic rings. The SMILES string of the molecule is Cc1cc(-c2cc(-c3ccccc3)nc(-c3ccccc3)n2)cc(C)c1-c1ccc(-c2ccc(-n3c4ccccc4c4cc(-n5c6ccccc6c6ccccc65)ccc43)cc2)cc1. The third-order valence-electron chi connectivity index (χ3n) is 12.8. The highest BCUT2D eigenvalue weighted by molar-refractivity contribution is 6.12. The van der Waals surface area contributed by atoms with E-state index in [0.29, 0.717) is 0 Å². The highest BCUT2D eigenvalue weighted by Gasteiger charge is 2.18. The number of hydrogen-bond donors (Lipinski definition) is 0. The molecular weight excluding hydrogens is 777 g/mol. The Balaban J connectivity index is 0.860. The quantitative estimate of drug-likeness (QED) is 0.161. The van der Waals surface area contributed by atoms with Gasteiger partial charge in [-0.15, -0.1) is 0 Å². The number of hydrogen-bond acceptors (Lipinski definition) is 2. The van der Waals surface area contributed by atoms with Gasteiger partial charge in [0.1, 0.15) is 0 Å². The molecule has 4 nitrogen and oxygen atoms in total. The Bertz CT molecular complexity index is 3580. The molecule has 64 heavy (non-hydrogen) atoms. The van der Waals surface area contributed by atoms with Gasteiger partial charge in [-0.3, -0.25) is 0 Å². The van der Waals surface area contributed by atoms with Crippen molar-refractivity contribution in [2.24, 2.45) is 0 Å². The van der Waals surface area contributed by atoms with Crippen LogP contribution in [-0.2, 0) is 0 Å². The summed E-state index contributed by atoms with van der Waals surface area (Å²) in [5, 5.41) is 5.01. The van der Waals surface area contributed by atoms with Gasteiger partial charge in [0.15, 0.2) is 5.82 Å². The number of fused-ring (bicyclic) bond motifs is 6. The van der Waals surface area contributed by atoms with Gasteiger partial charge >= 0.3 is 0 Å². The van der Waals surface area contributed by atoms with E-state index in [0.717, 1.165) is 45.3 Å². The molecule has 0 bridgehead atoms. The van der Waals surface area contributed by atoms with Gasteiger partial charge in [-0.2, -0.15) is 0 Å². The zero-order valence-electron chi connectivity index (χ0n) is 35.6. The van der Waals surface area contributed by atoms with Crippen molar-refractivity contribution in [1.29, 1.82) is 0 Å². The minimum absolute atomic E-state index is 0.722. The van der Waals surface area contributed by atoms with Crippen LogP contribution in [0.5, 0.6) is 0 Å². The van der Waals surface area contributed by atoms with E-state index in [2.05, 4.69) is 217 Å². The van der Waals surface area contributed by atoms with Crippen LogP contribution in [0.4, 0.5) is 0 Å². The van der Waals surface area contributed by atoms with E-state index >= 15 is 0 Å². The second-order valence-corrected chi connectivity index (χ2v) is 16.7. The lowest BCUT2D eigenvalue weighted by Gasteiger charge is -2.15. The molecule has 0 amide bonds. The average molecular weight is 819 g/mol. The number of rotatable bonds is 7. The van der Waals surface area contributed by atoms with Crippen molar-refractivity contribution >= 4 is 43.6 Å². The maximum atomic E-state index is 5.10. The Hall–Kier alpha value is -8.34. The first kappa shape index (κ1) is 37.4. The second kappa shape index (κ2) is 15.2. The van der Waals surface area contributed by atoms with Gasteiger partial charge in [0.05, 0.1) is 33.5 Å². The standard InChI is InChI=1S/C60H42N4/c1-39-35-46(54-38-53(43-15-5-3-6-16-43)61-60(62-54)45-17-7-4-8-18-45)36-40(2)59(39)44-27-25-41(26-28-44)42-29-31-47(32-30-42)63-57-24-14-11-21-51(57)52-37-48(33-34-58(52)63)64-55-22-12-9-19-49(55)50-20-10-13-23-56(50)64/h3-38H,1-2H3. The van der Waals surface area contributed by atoms with Crippen LogP contribution >= 0.6 is 0 Å². The smallest absolute Gasteiger partial charge is 0.160 e. The number of benzene rings is 9. The van der Waals surface area contributed by atoms with Crippen LogP contribution in [0, 0.1) is 13.8 Å². The Labute approximate surface area is 372 Å². The molecule has 0 radical (unpaired) electrons. The van der Waals surface area contributed by atoms with Gasteiger partial charge in [0, 0.05) is 49.6 Å². The lowest BCUT2D eigenvalue weighted by Crippen LogP contribution is -1.97. The van der Waals surface area contributed by atoms with Crippen LogP contribution < -0.4 is 0 Å². The van der Waals surface area contributed by atoms with Crippen molar-refractivity contribution in [1.82, 2.24) is 19.1 Å². The number of para-hydroxylation sites is 3. The lowest BCUT2D eigenvalue weighted by molar-refractivity contribution is 1.17. The number of aromatic nitrogens is 4. The highest BCUT2D eigenvalue weighted by Crippen LogP contribution is 2.39. The molecule has 9 aromatic carbocycles. The van der Waals surface area contributed by atoms with E-state index in [1.807, 2.05) is 24.3 Å². The lowest BCUT2D eigenvalue weighted by atomic mass is 9.91. The van der Waals surface area contributed by atoms with Gasteiger partial charge in [-0.1, -0.05) is 152 Å². The van der Waals surface area contributed by atoms with Crippen molar-refractivity contribution in [3.8, 4) is 67.5 Å². The van der Waals surface area contributed by atoms with Crippen LogP contribution in [0.1, 0.15) is 11.1 Å². The summed E-state index contributed by atoms with van der Waals surface area (Å²) < 4.78 is 4.80. The molecule has 3 heterocycles. The molecule has 0 atom stereocenters. The predicted molar refractivity (Wildman–Crippen MR) is 267 cm³/mol. The molecule has 0 spiro atoms. The fourth-order valence-corrected chi connectivity index (χ4v) is 9.85. The van der Waals surface area contributed by atoms with Gasteiger partial charge in [0.2, 0.25) is 0 Å². The van der Waals surface area contributed by atoms with E-state index in [9.17, 15) is 0 Å². The first-order valence-corrected chi connectivity index (χ1v) is 21.9. The molecule has 0 aliphatic carbocycles. The minimum Gasteiger partial charge on any atom is -0.309 e. The maximum Gasteiger partial charge on any atom is 0.160 e. The summed E-state index contributed by atoms with van der Waals surface area (Å²) >= 11 is 0. The average Bonchev–Trinajstić information content (AvgIpc) is 3.87. The van der Waals surface area contributed by atoms with Gasteiger partial charge < -0.3 is 9.13 Å². The van der Waals surface area contributed by atoms with Crippen LogP contribution in [0.25, 0.3) is 111 Å². The van der Waals surface area contributed by atoms with Crippen LogP contribution in [-0.4, -0.2) is 19.1 Å². The summed E-state index contributed by atoms with van der Waals surface area (Å²) in [6, 6.07) is 78.3. The Kier molecular flexibility index (Phi) is 8.91. The monoisotopic (exact) mass is 818 g/mol. The van der Waals surface area contributed by atoms with Crippen molar-refractivity contribution in [2.75, 3.05) is 0 Å². The molecule has 4 heteroatoms. The second-order valence-electron chi connectivity index (χ2n) is 16.7. The maximum absolute atomic E-state index is 5.10. The molecule has 3 aromatic heterocycles. The van der Waals surface area contributed by atoms with Gasteiger partial charge in [-0.05, 0) is 114 Å². The van der Waals surface area contributed by atoms with Crippen LogP contribution in [0.2, 0.25) is 0 Å². The van der Waals surface area contributed by atoms with Crippen LogP contribution in [0.3, 0.4) is 0 Å². The van der Waals surface area contributed by atoms with E-state index in [1.54, 1.807) is 0 Å². The fraction of sp³-hybridized carbons (Fsp3) is 0.0333. The van der Waals surface area contributed by atoms with Crippen molar-refractivity contribution in [2.45, 2.75) is 13.8 Å². The van der Waals surface area contributed by atoms with Gasteiger partial charge in [-0.25, -0.2) is 9.97 Å². The summed E-state index contributed by atoms with van der Waals surface area (Å²) in [6.45, 7) is 4.41. The van der Waals surface area contributed by atoms with E-state index < -0.39 is 0 Å². The number of aryl methyl sites for hydroxylation is 2. The molecule has 302 valence electrons. The van der Waals surface area contributed by atoms with E-state index in [1.165, 1.54) is 77.0 Å². The zero-order valence-corrected chi connectivity index (χ0v) is 35.6. The topological polar surface area (TPSA) is 35.6 Å². The predicted octanol–water partition coefficient (Wildman–Crippen LogP) is 15.6. The molecule has 0 unspecified atom stereocenters. The Morgan fingerprint density at radius 3 is 1.30 bits per heavy atom. The third-order valence-corrected chi connectivity index (χ3v) is 12.8. The van der Waals surface area contributed by atoms with E-state index in [4.69, 9.17) is 9.97 Å². The first-order valence-electron chi connectivity index (χ1n) is 21.9. The molecule has 0 aliphatic heterocycles. The summed E-state index contributed by atoms with van der Waals surface area (Å²) in [4.78, 5) is 10.1. The van der Waals surface area contributed by atoms with E-state index in [-0.39, 0.29) is 0 Å². The van der Waals surface area contributed by atoms with Crippen LogP contribution in [0.15, 0.2) is 218 Å². The third kappa shape index (κ3) is 6.30. The summed E-state index contributed by atoms with van der Waals surface area (Å²) in [7, 11) is 0. The molecular formula is C60H42N4. The molecule has 0 fully saturated rings. The van der Waals surface area contributed by atoms with Crippen molar-refractivity contribution < 1.29 is 0 Å². The Morgan fingerprint density at radius 1 is 0.297 bits per heavy atom. The summed E-state index contributed by atoms with van der Waals surface area (Å²) in [5.74, 6) is 0.722.